The molecule has 0 saturated heterocycles. The number of hydrogen-bond acceptors (Lipinski definition) is 0. The summed E-state index contributed by atoms with van der Waals surface area (Å²) in [6.45, 7) is 0. The first kappa shape index (κ1) is 74.7. The molecule has 0 fully saturated rings. The van der Waals surface area contributed by atoms with E-state index in [2.05, 4.69) is 0 Å². The Balaban J connectivity index is 0. The molecule has 0 amide bonds. The molecular weight excluding hydrogens is 531 g/mol. The second-order valence-corrected chi connectivity index (χ2v) is 0. The van der Waals surface area contributed by atoms with Crippen molar-refractivity contribution in [1.82, 2.24) is 0 Å². The van der Waals surface area contributed by atoms with Crippen LogP contribution < -0.4 is 0 Å². The summed E-state index contributed by atoms with van der Waals surface area (Å²) in [6, 6.07) is 0. The molecule has 0 radical (unpaired) electrons. The zero-order valence-electron chi connectivity index (χ0n) is 2.97. The Hall–Kier alpha value is 5.01. The van der Waals surface area contributed by atoms with Crippen LogP contribution in [0.1, 0.15) is 0 Å². The molecule has 0 aliphatic carbocycles. The number of hydrogen-bond donors (Lipinski definition) is 0. The normalized spacial score (nSPS) is 0. The average Bonchev–Trinajstić information content (AvgIpc) is 0. The molecule has 8 heavy (non-hydrogen) atoms. The van der Waals surface area contributed by atoms with E-state index >= 15 is 0 Å². The molecular formula is CeFe7. The first-order valence-electron chi connectivity index (χ1n) is 0. The summed E-state index contributed by atoms with van der Waals surface area (Å²) in [5.41, 5.74) is 0. The van der Waals surface area contributed by atoms with Gasteiger partial charge in [-0.15, -0.1) is 0 Å². The van der Waals surface area contributed by atoms with Crippen molar-refractivity contribution >= 4 is 0 Å². The molecule has 0 aliphatic heterocycles. The van der Waals surface area contributed by atoms with Crippen LogP contribution in [0.25, 0.3) is 0 Å². The van der Waals surface area contributed by atoms with Crippen molar-refractivity contribution in [2.24, 2.45) is 0 Å². The van der Waals surface area contributed by atoms with E-state index in [9.17, 15) is 0 Å². The third-order valence-corrected chi connectivity index (χ3v) is 0. The van der Waals surface area contributed by atoms with Gasteiger partial charge in [-0.25, -0.2) is 0 Å². The molecule has 0 spiro atoms. The van der Waals surface area contributed by atoms with Gasteiger partial charge < -0.3 is 0 Å². The van der Waals surface area contributed by atoms with E-state index in [0.29, 0.717) is 0 Å². The average molecular weight is 531 g/mol. The van der Waals surface area contributed by atoms with Gasteiger partial charge in [-0.1, -0.05) is 0 Å². The topological polar surface area (TPSA) is 0 Å². The van der Waals surface area contributed by atoms with Gasteiger partial charge in [-0.05, 0) is 0 Å². The van der Waals surface area contributed by atoms with Crippen LogP contribution in [0, 0.1) is 41.7 Å². The van der Waals surface area contributed by atoms with E-state index in [1.165, 1.54) is 0 Å². The van der Waals surface area contributed by atoms with Gasteiger partial charge in [-0.2, -0.15) is 0 Å². The van der Waals surface area contributed by atoms with Crippen LogP contribution in [-0.4, -0.2) is 0 Å². The summed E-state index contributed by atoms with van der Waals surface area (Å²) in [5.74, 6) is 0. The molecule has 0 atom stereocenters. The second kappa shape index (κ2) is 58.0. The molecule has 60 valence electrons. The largest absolute Gasteiger partial charge is 0 e. The summed E-state index contributed by atoms with van der Waals surface area (Å²) in [5, 5.41) is 0. The number of rotatable bonds is 0. The van der Waals surface area contributed by atoms with Crippen molar-refractivity contribution in [2.75, 3.05) is 0 Å². The van der Waals surface area contributed by atoms with Gasteiger partial charge in [0.2, 0.25) is 0 Å². The van der Waals surface area contributed by atoms with Gasteiger partial charge in [0.05, 0.1) is 0 Å². The van der Waals surface area contributed by atoms with Crippen LogP contribution in [0.5, 0.6) is 0 Å². The smallest absolute Gasteiger partial charge is 0 e. The maximum absolute atomic E-state index is 0. The fourth-order valence-corrected chi connectivity index (χ4v) is 0. The molecule has 0 rings (SSSR count). The van der Waals surface area contributed by atoms with E-state index in [1.807, 2.05) is 0 Å². The molecule has 0 N–H and O–H groups in total. The molecule has 0 aliphatic rings. The van der Waals surface area contributed by atoms with Crippen LogP contribution >= 0.6 is 0 Å². The predicted octanol–water partition coefficient (Wildman–Crippen LogP) is -0.0175. The predicted molar refractivity (Wildman–Crippen MR) is 0 cm³/mol. The summed E-state index contributed by atoms with van der Waals surface area (Å²) < 4.78 is 0. The van der Waals surface area contributed by atoms with Crippen LogP contribution in [0.4, 0.5) is 0 Å². The van der Waals surface area contributed by atoms with Gasteiger partial charge >= 0.3 is 0 Å². The van der Waals surface area contributed by atoms with Crippen molar-refractivity contribution in [2.45, 2.75) is 0 Å². The van der Waals surface area contributed by atoms with Crippen LogP contribution in [0.3, 0.4) is 0 Å². The Labute approximate surface area is 157 Å². The van der Waals surface area contributed by atoms with Crippen LogP contribution in [-0.2, 0) is 119 Å². The SMILES string of the molecule is [Ce].[Fe].[Fe].[Fe].[Fe].[Fe].[Fe].[Fe]. The molecule has 0 saturated carbocycles. The van der Waals surface area contributed by atoms with Gasteiger partial charge in [0.15, 0.2) is 0 Å². The Morgan fingerprint density at radius 3 is 0.250 bits per heavy atom. The molecule has 0 heterocycles. The van der Waals surface area contributed by atoms with Gasteiger partial charge in [0, 0.05) is 161 Å². The molecule has 0 aromatic carbocycles. The Morgan fingerprint density at radius 1 is 0.250 bits per heavy atom. The summed E-state index contributed by atoms with van der Waals surface area (Å²) in [7, 11) is 0. The van der Waals surface area contributed by atoms with Crippen molar-refractivity contribution in [3.63, 3.8) is 0 Å². The van der Waals surface area contributed by atoms with Crippen LogP contribution in [0.2, 0.25) is 0 Å². The van der Waals surface area contributed by atoms with E-state index in [-0.39, 0.29) is 161 Å². The van der Waals surface area contributed by atoms with Crippen LogP contribution in [0.15, 0.2) is 0 Å². The molecule has 0 aromatic rings. The monoisotopic (exact) mass is 531 g/mol. The van der Waals surface area contributed by atoms with Gasteiger partial charge in [0.25, 0.3) is 0 Å². The molecule has 0 aromatic heterocycles. The zero-order chi connectivity index (χ0) is 0. The summed E-state index contributed by atoms with van der Waals surface area (Å²) in [6.07, 6.45) is 0. The molecule has 0 unspecified atom stereocenters. The Kier molecular flexibility index (Phi) is 542. The summed E-state index contributed by atoms with van der Waals surface area (Å²) in [4.78, 5) is 0. The van der Waals surface area contributed by atoms with Crippen molar-refractivity contribution in [3.05, 3.63) is 0 Å². The Bertz CT molecular complexity index is 4.35. The standard InChI is InChI=1S/Ce.7Fe. The third kappa shape index (κ3) is 43.9. The Morgan fingerprint density at radius 2 is 0.250 bits per heavy atom. The minimum Gasteiger partial charge on any atom is 0 e. The quantitative estimate of drug-likeness (QED) is 0.386. The van der Waals surface area contributed by atoms with Crippen molar-refractivity contribution < 1.29 is 161 Å². The van der Waals surface area contributed by atoms with Gasteiger partial charge in [-0.3, -0.25) is 0 Å². The molecule has 8 heteroatoms. The van der Waals surface area contributed by atoms with E-state index in [4.69, 9.17) is 0 Å². The fourth-order valence-electron chi connectivity index (χ4n) is 0. The second-order valence-electron chi connectivity index (χ2n) is 0. The summed E-state index contributed by atoms with van der Waals surface area (Å²) >= 11 is 0. The molecule has 0 nitrogen and oxygen atoms in total. The van der Waals surface area contributed by atoms with Crippen molar-refractivity contribution in [1.29, 1.82) is 0 Å². The first-order valence-corrected chi connectivity index (χ1v) is 0. The minimum atomic E-state index is 0. The van der Waals surface area contributed by atoms with Gasteiger partial charge in [0.1, 0.15) is 0 Å². The fraction of sp³-hybridized carbons (Fsp3) is 0. The van der Waals surface area contributed by atoms with E-state index < -0.39 is 0 Å². The molecule has 0 bridgehead atoms. The first-order chi connectivity index (χ1) is 0. The third-order valence-electron chi connectivity index (χ3n) is 0. The van der Waals surface area contributed by atoms with E-state index in [1.54, 1.807) is 0 Å². The maximum atomic E-state index is 0. The zero-order valence-corrected chi connectivity index (χ0v) is 13.8. The maximum Gasteiger partial charge on any atom is 0 e. The van der Waals surface area contributed by atoms with E-state index in [0.717, 1.165) is 0 Å². The minimum absolute atomic E-state index is 0. The van der Waals surface area contributed by atoms with Crippen molar-refractivity contribution in [3.8, 4) is 0 Å².